The molecule has 1 N–H and O–H groups in total. The Labute approximate surface area is 174 Å². The van der Waals surface area contributed by atoms with Gasteiger partial charge in [0.05, 0.1) is 23.8 Å². The van der Waals surface area contributed by atoms with Crippen molar-refractivity contribution in [2.45, 2.75) is 6.92 Å². The lowest BCUT2D eigenvalue weighted by atomic mass is 10.1. The zero-order valence-corrected chi connectivity index (χ0v) is 17.0. The Morgan fingerprint density at radius 1 is 0.967 bits per heavy atom. The van der Waals surface area contributed by atoms with Crippen LogP contribution in [0.25, 0.3) is 28.2 Å². The number of carbonyl (C=O) groups excluding carboxylic acids is 2. The smallest absolute Gasteiger partial charge is 0.253 e. The summed E-state index contributed by atoms with van der Waals surface area (Å²) in [6, 6.07) is 15.0. The second-order valence-electron chi connectivity index (χ2n) is 7.18. The summed E-state index contributed by atoms with van der Waals surface area (Å²) in [5, 5.41) is 2.79. The summed E-state index contributed by atoms with van der Waals surface area (Å²) in [7, 11) is 3.46. The Bertz CT molecular complexity index is 1240. The molecule has 2 heterocycles. The molecule has 0 spiro atoms. The van der Waals surface area contributed by atoms with E-state index in [0.717, 1.165) is 28.2 Å². The molecule has 0 aliphatic heterocycles. The number of amides is 2. The fourth-order valence-electron chi connectivity index (χ4n) is 3.25. The van der Waals surface area contributed by atoms with Gasteiger partial charge in [-0.3, -0.25) is 19.0 Å². The molecule has 0 unspecified atom stereocenters. The van der Waals surface area contributed by atoms with E-state index in [9.17, 15) is 9.59 Å². The zero-order valence-electron chi connectivity index (χ0n) is 17.0. The van der Waals surface area contributed by atoms with Crippen molar-refractivity contribution < 1.29 is 9.59 Å². The van der Waals surface area contributed by atoms with Crippen molar-refractivity contribution in [3.8, 4) is 22.5 Å². The number of aromatic nitrogens is 3. The van der Waals surface area contributed by atoms with Gasteiger partial charge in [-0.2, -0.15) is 0 Å². The number of nitrogens with one attached hydrogen (secondary N) is 1. The highest BCUT2D eigenvalue weighted by atomic mass is 16.2. The molecule has 2 aromatic carbocycles. The SMILES string of the molecule is CC(=O)Nc1cccc(-c2cn3c(-c4ccc(C(=O)N(C)C)cc4)cnc3cn2)c1. The molecule has 150 valence electrons. The van der Waals surface area contributed by atoms with Crippen LogP contribution in [0.1, 0.15) is 17.3 Å². The van der Waals surface area contributed by atoms with Crippen molar-refractivity contribution in [3.63, 3.8) is 0 Å². The Balaban J connectivity index is 1.72. The summed E-state index contributed by atoms with van der Waals surface area (Å²) in [6.07, 6.45) is 5.43. The third kappa shape index (κ3) is 3.77. The molecule has 4 rings (SSSR count). The second-order valence-corrected chi connectivity index (χ2v) is 7.18. The number of carbonyl (C=O) groups is 2. The quantitative estimate of drug-likeness (QED) is 0.567. The van der Waals surface area contributed by atoms with Crippen LogP contribution in [0.2, 0.25) is 0 Å². The fourth-order valence-corrected chi connectivity index (χ4v) is 3.25. The second kappa shape index (κ2) is 7.79. The summed E-state index contributed by atoms with van der Waals surface area (Å²) in [6.45, 7) is 1.48. The first-order valence-electron chi connectivity index (χ1n) is 9.45. The minimum Gasteiger partial charge on any atom is -0.345 e. The molecular formula is C23H21N5O2. The number of nitrogens with zero attached hydrogens (tertiary/aromatic N) is 4. The maximum Gasteiger partial charge on any atom is 0.253 e. The fraction of sp³-hybridized carbons (Fsp3) is 0.130. The van der Waals surface area contributed by atoms with Gasteiger partial charge >= 0.3 is 0 Å². The van der Waals surface area contributed by atoms with Crippen LogP contribution >= 0.6 is 0 Å². The lowest BCUT2D eigenvalue weighted by Gasteiger charge is -2.11. The number of anilines is 1. The summed E-state index contributed by atoms with van der Waals surface area (Å²) < 4.78 is 1.97. The molecule has 7 heteroatoms. The Hall–Kier alpha value is -4.00. The molecule has 0 saturated carbocycles. The van der Waals surface area contributed by atoms with Gasteiger partial charge in [0.25, 0.3) is 5.91 Å². The number of fused-ring (bicyclic) bond motifs is 1. The van der Waals surface area contributed by atoms with Crippen LogP contribution in [0.4, 0.5) is 5.69 Å². The van der Waals surface area contributed by atoms with Crippen molar-refractivity contribution in [2.24, 2.45) is 0 Å². The topological polar surface area (TPSA) is 79.6 Å². The zero-order chi connectivity index (χ0) is 21.3. The van der Waals surface area contributed by atoms with E-state index in [0.29, 0.717) is 11.3 Å². The van der Waals surface area contributed by atoms with Gasteiger partial charge in [0, 0.05) is 49.6 Å². The van der Waals surface area contributed by atoms with E-state index in [-0.39, 0.29) is 11.8 Å². The molecule has 0 atom stereocenters. The van der Waals surface area contributed by atoms with Gasteiger partial charge in [-0.15, -0.1) is 0 Å². The van der Waals surface area contributed by atoms with Gasteiger partial charge < -0.3 is 10.2 Å². The lowest BCUT2D eigenvalue weighted by Crippen LogP contribution is -2.21. The largest absolute Gasteiger partial charge is 0.345 e. The van der Waals surface area contributed by atoms with E-state index in [1.54, 1.807) is 31.4 Å². The molecule has 0 bridgehead atoms. The summed E-state index contributed by atoms with van der Waals surface area (Å²) in [5.74, 6) is -0.158. The summed E-state index contributed by atoms with van der Waals surface area (Å²) in [4.78, 5) is 34.0. The number of rotatable bonds is 4. The first-order chi connectivity index (χ1) is 14.4. The average molecular weight is 399 g/mol. The van der Waals surface area contributed by atoms with E-state index < -0.39 is 0 Å². The summed E-state index contributed by atoms with van der Waals surface area (Å²) in [5.41, 5.74) is 5.56. The molecule has 30 heavy (non-hydrogen) atoms. The predicted octanol–water partition coefficient (Wildman–Crippen LogP) is 3.72. The Morgan fingerprint density at radius 2 is 1.73 bits per heavy atom. The van der Waals surface area contributed by atoms with E-state index in [1.807, 2.05) is 59.1 Å². The van der Waals surface area contributed by atoms with Crippen LogP contribution in [0.3, 0.4) is 0 Å². The predicted molar refractivity (Wildman–Crippen MR) is 116 cm³/mol. The normalized spacial score (nSPS) is 10.8. The van der Waals surface area contributed by atoms with Crippen LogP contribution in [0.15, 0.2) is 67.1 Å². The first kappa shape index (κ1) is 19.3. The highest BCUT2D eigenvalue weighted by Crippen LogP contribution is 2.25. The van der Waals surface area contributed by atoms with Gasteiger partial charge in [-0.05, 0) is 24.3 Å². The highest BCUT2D eigenvalue weighted by Gasteiger charge is 2.11. The maximum atomic E-state index is 12.1. The molecule has 4 aromatic rings. The number of hydrogen-bond acceptors (Lipinski definition) is 4. The molecule has 0 radical (unpaired) electrons. The van der Waals surface area contributed by atoms with Gasteiger partial charge in [0.2, 0.25) is 5.91 Å². The van der Waals surface area contributed by atoms with Crippen LogP contribution in [0, 0.1) is 0 Å². The third-order valence-corrected chi connectivity index (χ3v) is 4.71. The molecular weight excluding hydrogens is 378 g/mol. The Morgan fingerprint density at radius 3 is 2.43 bits per heavy atom. The highest BCUT2D eigenvalue weighted by molar-refractivity contribution is 5.94. The van der Waals surface area contributed by atoms with E-state index in [2.05, 4.69) is 15.3 Å². The van der Waals surface area contributed by atoms with Crippen LogP contribution in [-0.2, 0) is 4.79 Å². The molecule has 0 aliphatic carbocycles. The van der Waals surface area contributed by atoms with Gasteiger partial charge in [0.1, 0.15) is 0 Å². The van der Waals surface area contributed by atoms with Gasteiger partial charge in [-0.1, -0.05) is 24.3 Å². The van der Waals surface area contributed by atoms with E-state index in [4.69, 9.17) is 0 Å². The number of hydrogen-bond donors (Lipinski definition) is 1. The van der Waals surface area contributed by atoms with Crippen molar-refractivity contribution in [3.05, 3.63) is 72.7 Å². The number of imidazole rings is 1. The maximum absolute atomic E-state index is 12.1. The number of benzene rings is 2. The van der Waals surface area contributed by atoms with Crippen LogP contribution < -0.4 is 5.32 Å². The van der Waals surface area contributed by atoms with E-state index >= 15 is 0 Å². The van der Waals surface area contributed by atoms with E-state index in [1.165, 1.54) is 6.92 Å². The molecule has 2 aromatic heterocycles. The van der Waals surface area contributed by atoms with Crippen molar-refractivity contribution in [2.75, 3.05) is 19.4 Å². The molecule has 0 aliphatic rings. The molecule has 0 fully saturated rings. The molecule has 2 amide bonds. The first-order valence-corrected chi connectivity index (χ1v) is 9.45. The van der Waals surface area contributed by atoms with Crippen molar-refractivity contribution in [1.82, 2.24) is 19.3 Å². The average Bonchev–Trinajstić information content (AvgIpc) is 3.16. The van der Waals surface area contributed by atoms with Crippen LogP contribution in [-0.4, -0.2) is 45.2 Å². The minimum atomic E-state index is -0.122. The lowest BCUT2D eigenvalue weighted by molar-refractivity contribution is -0.114. The van der Waals surface area contributed by atoms with Crippen molar-refractivity contribution >= 4 is 23.1 Å². The molecule has 7 nitrogen and oxygen atoms in total. The monoisotopic (exact) mass is 399 g/mol. The minimum absolute atomic E-state index is 0.0368. The Kier molecular flexibility index (Phi) is 5.02. The third-order valence-electron chi connectivity index (χ3n) is 4.71. The van der Waals surface area contributed by atoms with Crippen LogP contribution in [0.5, 0.6) is 0 Å². The van der Waals surface area contributed by atoms with Crippen molar-refractivity contribution in [1.29, 1.82) is 0 Å². The van der Waals surface area contributed by atoms with Gasteiger partial charge in [-0.25, -0.2) is 4.98 Å². The summed E-state index contributed by atoms with van der Waals surface area (Å²) >= 11 is 0. The van der Waals surface area contributed by atoms with Gasteiger partial charge in [0.15, 0.2) is 5.65 Å². The molecule has 0 saturated heterocycles. The standard InChI is InChI=1S/C23H21N5O2/c1-15(29)26-19-6-4-5-18(11-19)20-14-28-21(12-25-22(28)13-24-20)16-7-9-17(10-8-16)23(30)27(2)3/h4-14H,1-3H3,(H,26,29).